The van der Waals surface area contributed by atoms with Crippen molar-refractivity contribution < 1.29 is 57.1 Å². The Bertz CT molecular complexity index is 366. The average molecular weight is 331 g/mol. The molecule has 0 aromatic rings. The lowest BCUT2D eigenvalue weighted by molar-refractivity contribution is -0.431. The van der Waals surface area contributed by atoms with Crippen LogP contribution in [0, 0.1) is 5.92 Å². The molecule has 0 saturated heterocycles. The summed E-state index contributed by atoms with van der Waals surface area (Å²) in [7, 11) is 0. The molecule has 0 bridgehead atoms. The SMILES string of the molecule is FC(F)(F)C(F)([C-]1C(F)(F)C(F)(F)C1(F)F)C(F)(F)F. The molecule has 1 fully saturated rings. The summed E-state index contributed by atoms with van der Waals surface area (Å²) in [4.78, 5) is 0. The summed E-state index contributed by atoms with van der Waals surface area (Å²) in [5.74, 6) is -24.4. The minimum atomic E-state index is -7.33. The lowest BCUT2D eigenvalue weighted by Gasteiger charge is -2.65. The maximum Gasteiger partial charge on any atom is 0.404 e. The van der Waals surface area contributed by atoms with E-state index in [0.717, 1.165) is 0 Å². The first kappa shape index (κ1) is 17.1. The van der Waals surface area contributed by atoms with Crippen LogP contribution in [0.15, 0.2) is 0 Å². The molecule has 0 radical (unpaired) electrons. The fraction of sp³-hybridized carbons (Fsp3) is 0.857. The Balaban J connectivity index is 3.55. The molecule has 0 unspecified atom stereocenters. The van der Waals surface area contributed by atoms with E-state index in [9.17, 15) is 57.1 Å². The second kappa shape index (κ2) is 3.64. The van der Waals surface area contributed by atoms with Crippen molar-refractivity contribution in [1.29, 1.82) is 0 Å². The molecule has 0 heterocycles. The van der Waals surface area contributed by atoms with Gasteiger partial charge in [-0.1, -0.05) is 0 Å². The molecule has 1 aliphatic carbocycles. The van der Waals surface area contributed by atoms with E-state index in [1.807, 2.05) is 0 Å². The highest BCUT2D eigenvalue weighted by Crippen LogP contribution is 2.73. The summed E-state index contributed by atoms with van der Waals surface area (Å²) >= 11 is 0. The van der Waals surface area contributed by atoms with Crippen molar-refractivity contribution in [3.8, 4) is 0 Å². The molecule has 1 aliphatic rings. The maximum absolute atomic E-state index is 13.0. The predicted molar refractivity (Wildman–Crippen MR) is 34.0 cm³/mol. The first-order chi connectivity index (χ1) is 8.37. The second-order valence-corrected chi connectivity index (χ2v) is 3.75. The van der Waals surface area contributed by atoms with Crippen LogP contribution >= 0.6 is 0 Å². The van der Waals surface area contributed by atoms with Crippen LogP contribution in [0.2, 0.25) is 0 Å². The van der Waals surface area contributed by atoms with Crippen molar-refractivity contribution in [2.45, 2.75) is 35.8 Å². The van der Waals surface area contributed by atoms with Gasteiger partial charge >= 0.3 is 18.3 Å². The van der Waals surface area contributed by atoms with E-state index >= 15 is 0 Å². The van der Waals surface area contributed by atoms with Crippen LogP contribution in [0.3, 0.4) is 0 Å². The number of alkyl halides is 13. The number of rotatable bonds is 1. The molecule has 13 heteroatoms. The highest BCUT2D eigenvalue weighted by molar-refractivity contribution is 5.43. The van der Waals surface area contributed by atoms with E-state index < -0.39 is 41.7 Å². The molecule has 0 spiro atoms. The maximum atomic E-state index is 13.0. The van der Waals surface area contributed by atoms with Crippen LogP contribution in [0.25, 0.3) is 0 Å². The van der Waals surface area contributed by atoms with Crippen molar-refractivity contribution >= 4 is 0 Å². The summed E-state index contributed by atoms with van der Waals surface area (Å²) in [5, 5.41) is 0. The molecular formula is C7F13-. The Morgan fingerprint density at radius 1 is 0.550 bits per heavy atom. The quantitative estimate of drug-likeness (QED) is 0.496. The Kier molecular flexibility index (Phi) is 3.12. The lowest BCUT2D eigenvalue weighted by atomic mass is 9.63. The third-order valence-corrected chi connectivity index (χ3v) is 2.54. The van der Waals surface area contributed by atoms with Gasteiger partial charge in [-0.25, -0.2) is 17.6 Å². The largest absolute Gasteiger partial charge is 0.404 e. The van der Waals surface area contributed by atoms with E-state index in [-0.39, 0.29) is 0 Å². The van der Waals surface area contributed by atoms with Crippen LogP contribution in [-0.2, 0) is 0 Å². The first-order valence-electron chi connectivity index (χ1n) is 4.21. The topological polar surface area (TPSA) is 0 Å². The minimum Gasteiger partial charge on any atom is -0.259 e. The van der Waals surface area contributed by atoms with Crippen molar-refractivity contribution in [1.82, 2.24) is 0 Å². The normalized spacial score (nSPS) is 26.2. The fourth-order valence-electron chi connectivity index (χ4n) is 1.52. The highest BCUT2D eigenvalue weighted by Gasteiger charge is 2.89. The van der Waals surface area contributed by atoms with Gasteiger partial charge in [-0.2, -0.15) is 35.1 Å². The van der Waals surface area contributed by atoms with Gasteiger partial charge in [-0.3, -0.25) is 4.39 Å². The fourth-order valence-corrected chi connectivity index (χ4v) is 1.52. The molecule has 1 saturated carbocycles. The average Bonchev–Trinajstić information content (AvgIpc) is 2.11. The molecule has 120 valence electrons. The monoisotopic (exact) mass is 331 g/mol. The Morgan fingerprint density at radius 3 is 1.00 bits per heavy atom. The number of hydrogen-bond acceptors (Lipinski definition) is 0. The molecule has 1 rings (SSSR count). The van der Waals surface area contributed by atoms with Gasteiger partial charge in [0.25, 0.3) is 0 Å². The van der Waals surface area contributed by atoms with Crippen LogP contribution in [0.1, 0.15) is 0 Å². The van der Waals surface area contributed by atoms with E-state index in [4.69, 9.17) is 0 Å². The lowest BCUT2D eigenvalue weighted by Crippen LogP contribution is -2.82. The van der Waals surface area contributed by atoms with Gasteiger partial charge in [0.05, 0.1) is 0 Å². The molecule has 0 aromatic heterocycles. The van der Waals surface area contributed by atoms with Crippen LogP contribution in [0.5, 0.6) is 0 Å². The smallest absolute Gasteiger partial charge is 0.259 e. The highest BCUT2D eigenvalue weighted by atomic mass is 19.4. The molecule has 0 aliphatic heterocycles. The van der Waals surface area contributed by atoms with Gasteiger partial charge in [-0.05, 0) is 0 Å². The van der Waals surface area contributed by atoms with Gasteiger partial charge in [0.2, 0.25) is 11.8 Å². The van der Waals surface area contributed by atoms with Gasteiger partial charge in [0, 0.05) is 0 Å². The Labute approximate surface area is 100 Å². The van der Waals surface area contributed by atoms with Gasteiger partial charge in [-0.15, -0.1) is 5.92 Å². The summed E-state index contributed by atoms with van der Waals surface area (Å²) in [6.45, 7) is 0. The van der Waals surface area contributed by atoms with E-state index in [1.54, 1.807) is 0 Å². The third-order valence-electron chi connectivity index (χ3n) is 2.54. The Hall–Kier alpha value is -0.910. The molecule has 0 amide bonds. The zero-order chi connectivity index (χ0) is 16.6. The predicted octanol–water partition coefficient (Wildman–Crippen LogP) is 4.31. The van der Waals surface area contributed by atoms with Gasteiger partial charge < -0.3 is 0 Å². The summed E-state index contributed by atoms with van der Waals surface area (Å²) in [5.41, 5.74) is -7.27. The number of halogens is 13. The van der Waals surface area contributed by atoms with E-state index in [2.05, 4.69) is 0 Å². The van der Waals surface area contributed by atoms with Crippen LogP contribution < -0.4 is 0 Å². The zero-order valence-corrected chi connectivity index (χ0v) is 8.41. The summed E-state index contributed by atoms with van der Waals surface area (Å²) in [6, 6.07) is 0. The molecule has 0 aromatic carbocycles. The molecule has 0 atom stereocenters. The zero-order valence-electron chi connectivity index (χ0n) is 8.41. The molecule has 0 nitrogen and oxygen atoms in total. The molecule has 20 heavy (non-hydrogen) atoms. The number of hydrogen-bond donors (Lipinski definition) is 0. The van der Waals surface area contributed by atoms with Crippen LogP contribution in [-0.4, -0.2) is 35.8 Å². The second-order valence-electron chi connectivity index (χ2n) is 3.75. The van der Waals surface area contributed by atoms with Crippen molar-refractivity contribution in [2.75, 3.05) is 0 Å². The van der Waals surface area contributed by atoms with Gasteiger partial charge in [0.1, 0.15) is 0 Å². The minimum absolute atomic E-state index is 4.57. The van der Waals surface area contributed by atoms with Crippen molar-refractivity contribution in [3.05, 3.63) is 5.92 Å². The first-order valence-corrected chi connectivity index (χ1v) is 4.21. The molecular weight excluding hydrogens is 331 g/mol. The summed E-state index contributed by atoms with van der Waals surface area (Å²) < 4.78 is 159. The Morgan fingerprint density at radius 2 is 0.800 bits per heavy atom. The van der Waals surface area contributed by atoms with Crippen LogP contribution in [0.4, 0.5) is 57.1 Å². The van der Waals surface area contributed by atoms with Gasteiger partial charge in [0.15, 0.2) is 5.67 Å². The van der Waals surface area contributed by atoms with E-state index in [1.165, 1.54) is 0 Å². The van der Waals surface area contributed by atoms with Crippen molar-refractivity contribution in [3.63, 3.8) is 0 Å². The third kappa shape index (κ3) is 1.57. The standard InChI is InChI=1S/C7F13/c8-2(6(15,16)17,7(18,19)20)1-3(9,10)5(13,14)4(1,11)12/q-1. The van der Waals surface area contributed by atoms with Crippen molar-refractivity contribution in [2.24, 2.45) is 0 Å². The summed E-state index contributed by atoms with van der Waals surface area (Å²) in [6.07, 6.45) is -14.7. The molecule has 0 N–H and O–H groups in total. The van der Waals surface area contributed by atoms with E-state index in [0.29, 0.717) is 0 Å².